The molecule has 3 amide bonds. The Kier molecular flexibility index (Phi) is 34.8. The lowest BCUT2D eigenvalue weighted by Gasteiger charge is -2.42. The molecule has 24 nitrogen and oxygen atoms in total. The van der Waals surface area contributed by atoms with E-state index in [1.54, 1.807) is 0 Å². The van der Waals surface area contributed by atoms with Gasteiger partial charge in [0.05, 0.1) is 32.5 Å². The number of carbonyl (C=O) groups excluding carboxylic acids is 3. The van der Waals surface area contributed by atoms with Crippen LogP contribution in [0.25, 0.3) is 0 Å². The molecule has 0 spiro atoms. The van der Waals surface area contributed by atoms with Crippen LogP contribution in [-0.4, -0.2) is 208 Å². The average molecular weight is 1000 g/mol. The molecule has 69 heavy (non-hydrogen) atoms. The van der Waals surface area contributed by atoms with Crippen LogP contribution >= 0.6 is 0 Å². The van der Waals surface area contributed by atoms with E-state index < -0.39 is 116 Å². The summed E-state index contributed by atoms with van der Waals surface area (Å²) in [6.45, 7) is 6.65. The van der Waals surface area contributed by atoms with Crippen molar-refractivity contribution in [2.24, 2.45) is 5.92 Å². The van der Waals surface area contributed by atoms with Crippen LogP contribution in [0.15, 0.2) is 22.9 Å². The number of aliphatic hydroxyl groups excluding tert-OH is 11. The van der Waals surface area contributed by atoms with Gasteiger partial charge in [0.25, 0.3) is 0 Å². The van der Waals surface area contributed by atoms with E-state index in [0.717, 1.165) is 20.3 Å². The van der Waals surface area contributed by atoms with Crippen LogP contribution < -0.4 is 16.0 Å². The van der Waals surface area contributed by atoms with Crippen LogP contribution in [0.3, 0.4) is 0 Å². The molecule has 5 unspecified atom stereocenters. The van der Waals surface area contributed by atoms with Crippen molar-refractivity contribution in [3.8, 4) is 0 Å². The molecular formula is C45H83N3O21. The highest BCUT2D eigenvalue weighted by Crippen LogP contribution is 2.23. The Morgan fingerprint density at radius 2 is 1.04 bits per heavy atom. The van der Waals surface area contributed by atoms with Gasteiger partial charge in [-0.15, -0.1) is 0 Å². The Bertz CT molecular complexity index is 1480. The number of carbonyl (C=O) groups is 3. The van der Waals surface area contributed by atoms with Gasteiger partial charge in [0.2, 0.25) is 17.7 Å². The van der Waals surface area contributed by atoms with Gasteiger partial charge in [-0.25, -0.2) is 0 Å². The summed E-state index contributed by atoms with van der Waals surface area (Å²) in [6.07, 6.45) is -5.78. The van der Waals surface area contributed by atoms with Crippen molar-refractivity contribution in [2.45, 2.75) is 166 Å². The highest BCUT2D eigenvalue weighted by Gasteiger charge is 2.45. The standard InChI is InChI=1S/C45H83N3O21/c1-28(27-64-20-9-6-13-24-68-45-38(48-31(4)54)42(60)41(59)35(26-51)69-45)34(65-21-10-7-12-23-67-44(62)37(47-30(3)53)40(58)33(56)15-18-50)16-25-63-19-8-5-11-22-66-43(61)36(46-29(2)52)39(57)32(55)14-17-49/h28,32-35,38,41-45,49-51,55-62H,5-27H2,1-4H3,(H,46,52)(H,47,53)(H,48,54)/b39-36+,40-37+/t28?,32-,33-,34?,35?,38?,41-,42?,43-,44-,45+/m0/s1. The molecule has 1 fully saturated rings. The van der Waals surface area contributed by atoms with Crippen molar-refractivity contribution in [3.63, 3.8) is 0 Å². The fourth-order valence-corrected chi connectivity index (χ4v) is 6.92. The van der Waals surface area contributed by atoms with Crippen molar-refractivity contribution >= 4 is 17.7 Å². The van der Waals surface area contributed by atoms with Gasteiger partial charge in [-0.05, 0) is 64.2 Å². The maximum Gasteiger partial charge on any atom is 0.221 e. The number of hydrogen-bond donors (Lipinski definition) is 14. The zero-order valence-corrected chi connectivity index (χ0v) is 40.6. The first kappa shape index (κ1) is 63.9. The van der Waals surface area contributed by atoms with Crippen molar-refractivity contribution < 1.29 is 104 Å². The molecule has 0 bridgehead atoms. The topological polar surface area (TPSA) is 374 Å². The van der Waals surface area contributed by atoms with E-state index in [0.29, 0.717) is 90.8 Å². The molecule has 1 saturated heterocycles. The van der Waals surface area contributed by atoms with Crippen LogP contribution in [-0.2, 0) is 47.5 Å². The van der Waals surface area contributed by atoms with Crippen LogP contribution in [0, 0.1) is 5.92 Å². The summed E-state index contributed by atoms with van der Waals surface area (Å²) in [6, 6.07) is -1.01. The van der Waals surface area contributed by atoms with Gasteiger partial charge in [0, 0.05) is 85.8 Å². The van der Waals surface area contributed by atoms with E-state index in [9.17, 15) is 60.3 Å². The Labute approximate surface area is 404 Å². The molecule has 0 aromatic heterocycles. The first-order valence-corrected chi connectivity index (χ1v) is 23.8. The SMILES string of the molecule is CC(=O)N/C(=C(/O)[C@@H](O)CCO)[C@@H](O)OCCCCCOCCC(OCCCCCO[C@H](O)/C(NC(C)=O)=C(\O)[C@@H](O)CCO)C(C)COCCCCCO[C@@H]1OC(CO)[C@H](O)C(O)C1NC(C)=O. The molecular weight excluding hydrogens is 918 g/mol. The Balaban J connectivity index is 2.65. The molecule has 0 aromatic carbocycles. The highest BCUT2D eigenvalue weighted by molar-refractivity contribution is 5.75. The van der Waals surface area contributed by atoms with Gasteiger partial charge in [-0.2, -0.15) is 0 Å². The molecule has 11 atom stereocenters. The second kappa shape index (κ2) is 37.6. The first-order chi connectivity index (χ1) is 32.9. The zero-order chi connectivity index (χ0) is 51.7. The smallest absolute Gasteiger partial charge is 0.221 e. The fraction of sp³-hybridized carbons (Fsp3) is 0.844. The molecule has 1 aliphatic rings. The number of ether oxygens (including phenoxy) is 7. The molecule has 0 radical (unpaired) electrons. The number of hydrogen-bond acceptors (Lipinski definition) is 21. The summed E-state index contributed by atoms with van der Waals surface area (Å²) in [7, 11) is 0. The lowest BCUT2D eigenvalue weighted by atomic mass is 9.97. The van der Waals surface area contributed by atoms with Gasteiger partial charge in [-0.1, -0.05) is 6.92 Å². The Morgan fingerprint density at radius 3 is 1.51 bits per heavy atom. The normalized spacial score (nSPS) is 21.8. The van der Waals surface area contributed by atoms with Crippen molar-refractivity contribution in [1.82, 2.24) is 16.0 Å². The molecule has 0 aromatic rings. The maximum absolute atomic E-state index is 11.7. The van der Waals surface area contributed by atoms with Crippen LogP contribution in [0.5, 0.6) is 0 Å². The van der Waals surface area contributed by atoms with E-state index >= 15 is 0 Å². The monoisotopic (exact) mass is 1000 g/mol. The molecule has 1 heterocycles. The third kappa shape index (κ3) is 26.8. The fourth-order valence-electron chi connectivity index (χ4n) is 6.92. The Morgan fingerprint density at radius 1 is 0.580 bits per heavy atom. The molecule has 1 aliphatic heterocycles. The van der Waals surface area contributed by atoms with Crippen molar-refractivity contribution in [1.29, 1.82) is 0 Å². The molecule has 1 rings (SSSR count). The molecule has 24 heteroatoms. The van der Waals surface area contributed by atoms with Gasteiger partial charge >= 0.3 is 0 Å². The van der Waals surface area contributed by atoms with E-state index in [4.69, 9.17) is 43.4 Å². The van der Waals surface area contributed by atoms with Crippen molar-refractivity contribution in [2.75, 3.05) is 72.7 Å². The predicted octanol–water partition coefficient (Wildman–Crippen LogP) is -1.13. The van der Waals surface area contributed by atoms with Gasteiger partial charge < -0.3 is 105 Å². The van der Waals surface area contributed by atoms with Gasteiger partial charge in [-0.3, -0.25) is 14.4 Å². The molecule has 0 aliphatic carbocycles. The maximum atomic E-state index is 11.7. The lowest BCUT2D eigenvalue weighted by molar-refractivity contribution is -0.270. The minimum absolute atomic E-state index is 0.0251. The van der Waals surface area contributed by atoms with E-state index in [1.165, 1.54) is 6.92 Å². The number of rotatable bonds is 40. The summed E-state index contributed by atoms with van der Waals surface area (Å²) in [4.78, 5) is 34.9. The summed E-state index contributed by atoms with van der Waals surface area (Å²) in [5.41, 5.74) is -0.804. The second-order valence-corrected chi connectivity index (χ2v) is 16.8. The first-order valence-electron chi connectivity index (χ1n) is 23.8. The number of nitrogens with one attached hydrogen (secondary N) is 3. The summed E-state index contributed by atoms with van der Waals surface area (Å²) < 4.78 is 40.3. The van der Waals surface area contributed by atoms with Crippen LogP contribution in [0.2, 0.25) is 0 Å². The third-order valence-corrected chi connectivity index (χ3v) is 10.7. The lowest BCUT2D eigenvalue weighted by Crippen LogP contribution is -2.64. The molecule has 404 valence electrons. The largest absolute Gasteiger partial charge is 0.508 e. The third-order valence-electron chi connectivity index (χ3n) is 10.7. The summed E-state index contributed by atoms with van der Waals surface area (Å²) >= 11 is 0. The van der Waals surface area contributed by atoms with E-state index in [-0.39, 0.29) is 44.7 Å². The quantitative estimate of drug-likeness (QED) is 0.0196. The van der Waals surface area contributed by atoms with E-state index in [1.807, 2.05) is 6.92 Å². The predicted molar refractivity (Wildman–Crippen MR) is 244 cm³/mol. The number of aliphatic hydroxyl groups is 11. The number of amides is 3. The zero-order valence-electron chi connectivity index (χ0n) is 40.6. The second-order valence-electron chi connectivity index (χ2n) is 16.8. The highest BCUT2D eigenvalue weighted by atomic mass is 16.7. The Hall–Kier alpha value is -3.15. The molecule has 0 saturated carbocycles. The minimum atomic E-state index is -1.73. The minimum Gasteiger partial charge on any atom is -0.508 e. The number of unbranched alkanes of at least 4 members (excludes halogenated alkanes) is 6. The van der Waals surface area contributed by atoms with Gasteiger partial charge in [0.15, 0.2) is 18.9 Å². The summed E-state index contributed by atoms with van der Waals surface area (Å²) in [5, 5.41) is 117. The van der Waals surface area contributed by atoms with Crippen molar-refractivity contribution in [3.05, 3.63) is 22.9 Å². The summed E-state index contributed by atoms with van der Waals surface area (Å²) in [5.74, 6) is -3.09. The molecule has 14 N–H and O–H groups in total. The van der Waals surface area contributed by atoms with Crippen LogP contribution in [0.4, 0.5) is 0 Å². The van der Waals surface area contributed by atoms with Crippen LogP contribution in [0.1, 0.15) is 105 Å². The van der Waals surface area contributed by atoms with Gasteiger partial charge in [0.1, 0.15) is 59.5 Å². The van der Waals surface area contributed by atoms with E-state index in [2.05, 4.69) is 16.0 Å². The average Bonchev–Trinajstić information content (AvgIpc) is 3.30.